The van der Waals surface area contributed by atoms with Gasteiger partial charge in [0.2, 0.25) is 0 Å². The first-order chi connectivity index (χ1) is 7.86. The third-order valence-electron chi connectivity index (χ3n) is 3.14. The number of benzene rings is 2. The second-order valence-corrected chi connectivity index (χ2v) is 4.16. The standard InChI is InChI=1S/C15H13O/c16-14-10-12-8-4-5-9-13(12)15(14)11-6-2-1-3-7-11/h1-9,14,16H,10H2. The fourth-order valence-corrected chi connectivity index (χ4v) is 2.42. The normalized spacial score (nSPS) is 19.7. The highest BCUT2D eigenvalue weighted by Gasteiger charge is 2.32. The van der Waals surface area contributed by atoms with Gasteiger partial charge in [-0.1, -0.05) is 54.6 Å². The molecular formula is C15H13O. The highest BCUT2D eigenvalue weighted by molar-refractivity contribution is 5.55. The molecule has 0 saturated heterocycles. The van der Waals surface area contributed by atoms with E-state index in [1.165, 1.54) is 11.1 Å². The summed E-state index contributed by atoms with van der Waals surface area (Å²) in [6.45, 7) is 0. The third kappa shape index (κ3) is 1.44. The molecule has 0 amide bonds. The molecule has 0 fully saturated rings. The average molecular weight is 209 g/mol. The summed E-state index contributed by atoms with van der Waals surface area (Å²) in [7, 11) is 0. The summed E-state index contributed by atoms with van der Waals surface area (Å²) < 4.78 is 0. The van der Waals surface area contributed by atoms with Crippen LogP contribution in [0.1, 0.15) is 16.7 Å². The van der Waals surface area contributed by atoms with E-state index >= 15 is 0 Å². The van der Waals surface area contributed by atoms with Crippen LogP contribution >= 0.6 is 0 Å². The molecule has 0 spiro atoms. The van der Waals surface area contributed by atoms with Crippen molar-refractivity contribution < 1.29 is 5.11 Å². The Balaban J connectivity index is 2.09. The van der Waals surface area contributed by atoms with Crippen molar-refractivity contribution in [1.82, 2.24) is 0 Å². The first-order valence-electron chi connectivity index (χ1n) is 5.55. The maximum absolute atomic E-state index is 10.1. The van der Waals surface area contributed by atoms with Gasteiger partial charge in [0.05, 0.1) is 12.0 Å². The topological polar surface area (TPSA) is 20.2 Å². The number of rotatable bonds is 1. The van der Waals surface area contributed by atoms with E-state index in [9.17, 15) is 5.11 Å². The van der Waals surface area contributed by atoms with Gasteiger partial charge in [0.1, 0.15) is 0 Å². The van der Waals surface area contributed by atoms with Gasteiger partial charge in [0.15, 0.2) is 0 Å². The van der Waals surface area contributed by atoms with Crippen molar-refractivity contribution >= 4 is 0 Å². The van der Waals surface area contributed by atoms with Gasteiger partial charge in [-0.05, 0) is 23.1 Å². The number of hydrogen-bond acceptors (Lipinski definition) is 1. The molecule has 2 aromatic rings. The van der Waals surface area contributed by atoms with Crippen molar-refractivity contribution in [1.29, 1.82) is 0 Å². The number of fused-ring (bicyclic) bond motifs is 1. The molecule has 16 heavy (non-hydrogen) atoms. The molecule has 0 heterocycles. The van der Waals surface area contributed by atoms with Crippen LogP contribution in [0, 0.1) is 5.92 Å². The van der Waals surface area contributed by atoms with E-state index in [1.807, 2.05) is 30.3 Å². The zero-order valence-corrected chi connectivity index (χ0v) is 8.93. The molecule has 1 N–H and O–H groups in total. The lowest BCUT2D eigenvalue weighted by Crippen LogP contribution is -2.15. The number of hydrogen-bond donors (Lipinski definition) is 1. The summed E-state index contributed by atoms with van der Waals surface area (Å²) in [6, 6.07) is 18.4. The van der Waals surface area contributed by atoms with E-state index in [0.717, 1.165) is 17.9 Å². The van der Waals surface area contributed by atoms with E-state index in [4.69, 9.17) is 0 Å². The van der Waals surface area contributed by atoms with E-state index < -0.39 is 0 Å². The molecule has 0 aromatic heterocycles. The quantitative estimate of drug-likeness (QED) is 0.765. The van der Waals surface area contributed by atoms with E-state index in [1.54, 1.807) is 0 Å². The molecule has 0 bridgehead atoms. The molecule has 3 rings (SSSR count). The molecule has 0 saturated carbocycles. The van der Waals surface area contributed by atoms with Gasteiger partial charge in [0, 0.05) is 0 Å². The lowest BCUT2D eigenvalue weighted by atomic mass is 9.92. The van der Waals surface area contributed by atoms with E-state index in [2.05, 4.69) is 24.3 Å². The van der Waals surface area contributed by atoms with Crippen molar-refractivity contribution in [2.75, 3.05) is 0 Å². The predicted molar refractivity (Wildman–Crippen MR) is 64.0 cm³/mol. The zero-order valence-electron chi connectivity index (χ0n) is 8.93. The Kier molecular flexibility index (Phi) is 2.26. The van der Waals surface area contributed by atoms with Crippen LogP contribution in [-0.4, -0.2) is 11.2 Å². The summed E-state index contributed by atoms with van der Waals surface area (Å²) in [5, 5.41) is 10.1. The van der Waals surface area contributed by atoms with Crippen LogP contribution in [0.3, 0.4) is 0 Å². The highest BCUT2D eigenvalue weighted by Crippen LogP contribution is 2.36. The van der Waals surface area contributed by atoms with Crippen molar-refractivity contribution in [2.45, 2.75) is 12.5 Å². The molecule has 0 aliphatic heterocycles. The number of aliphatic hydroxyl groups excluding tert-OH is 1. The molecule has 1 unspecified atom stereocenters. The summed E-state index contributed by atoms with van der Waals surface area (Å²) in [6.07, 6.45) is 0.375. The summed E-state index contributed by atoms with van der Waals surface area (Å²) >= 11 is 0. The Labute approximate surface area is 95.4 Å². The van der Waals surface area contributed by atoms with Gasteiger partial charge in [0.25, 0.3) is 0 Å². The van der Waals surface area contributed by atoms with E-state index in [0.29, 0.717) is 0 Å². The van der Waals surface area contributed by atoms with Crippen molar-refractivity contribution in [3.63, 3.8) is 0 Å². The van der Waals surface area contributed by atoms with Gasteiger partial charge in [-0.2, -0.15) is 0 Å². The minimum Gasteiger partial charge on any atom is -0.391 e. The van der Waals surface area contributed by atoms with Gasteiger partial charge < -0.3 is 5.11 Å². The van der Waals surface area contributed by atoms with Crippen LogP contribution in [0.15, 0.2) is 54.6 Å². The first-order valence-corrected chi connectivity index (χ1v) is 5.55. The Morgan fingerprint density at radius 2 is 1.56 bits per heavy atom. The minimum absolute atomic E-state index is 0.361. The van der Waals surface area contributed by atoms with Crippen LogP contribution in [0.4, 0.5) is 0 Å². The average Bonchev–Trinajstić information content (AvgIpc) is 2.66. The van der Waals surface area contributed by atoms with Crippen LogP contribution < -0.4 is 0 Å². The smallest absolute Gasteiger partial charge is 0.0730 e. The fraction of sp³-hybridized carbons (Fsp3) is 0.133. The molecular weight excluding hydrogens is 196 g/mol. The molecule has 1 aliphatic carbocycles. The van der Waals surface area contributed by atoms with Crippen LogP contribution in [-0.2, 0) is 6.42 Å². The molecule has 1 heteroatoms. The number of aliphatic hydroxyl groups is 1. The largest absolute Gasteiger partial charge is 0.391 e. The lowest BCUT2D eigenvalue weighted by molar-refractivity contribution is 0.207. The third-order valence-corrected chi connectivity index (χ3v) is 3.14. The van der Waals surface area contributed by atoms with E-state index in [-0.39, 0.29) is 6.10 Å². The predicted octanol–water partition coefficient (Wildman–Crippen LogP) is 2.57. The first kappa shape index (κ1) is 9.61. The second-order valence-electron chi connectivity index (χ2n) is 4.16. The monoisotopic (exact) mass is 209 g/mol. The fourth-order valence-electron chi connectivity index (χ4n) is 2.42. The Bertz CT molecular complexity index is 490. The Morgan fingerprint density at radius 3 is 2.38 bits per heavy atom. The molecule has 79 valence electrons. The highest BCUT2D eigenvalue weighted by atomic mass is 16.3. The van der Waals surface area contributed by atoms with Gasteiger partial charge >= 0.3 is 0 Å². The summed E-state index contributed by atoms with van der Waals surface area (Å²) in [4.78, 5) is 0. The maximum Gasteiger partial charge on any atom is 0.0730 e. The molecule has 2 aromatic carbocycles. The molecule has 1 radical (unpaired) electrons. The molecule has 1 aliphatic rings. The minimum atomic E-state index is -0.361. The Morgan fingerprint density at radius 1 is 0.875 bits per heavy atom. The Hall–Kier alpha value is -1.60. The zero-order chi connectivity index (χ0) is 11.0. The lowest BCUT2D eigenvalue weighted by Gasteiger charge is -2.15. The summed E-state index contributed by atoms with van der Waals surface area (Å²) in [5.41, 5.74) is 3.56. The maximum atomic E-state index is 10.1. The summed E-state index contributed by atoms with van der Waals surface area (Å²) in [5.74, 6) is 1.07. The van der Waals surface area contributed by atoms with Crippen molar-refractivity contribution in [3.05, 3.63) is 77.2 Å². The van der Waals surface area contributed by atoms with Crippen LogP contribution in [0.2, 0.25) is 0 Å². The van der Waals surface area contributed by atoms with Crippen molar-refractivity contribution in [2.24, 2.45) is 0 Å². The van der Waals surface area contributed by atoms with Crippen LogP contribution in [0.25, 0.3) is 0 Å². The molecule has 1 nitrogen and oxygen atoms in total. The van der Waals surface area contributed by atoms with Crippen molar-refractivity contribution in [3.8, 4) is 0 Å². The molecule has 1 atom stereocenters. The second kappa shape index (κ2) is 3.76. The van der Waals surface area contributed by atoms with Gasteiger partial charge in [-0.3, -0.25) is 0 Å². The van der Waals surface area contributed by atoms with Gasteiger partial charge in [-0.15, -0.1) is 0 Å². The van der Waals surface area contributed by atoms with Gasteiger partial charge in [-0.25, -0.2) is 0 Å². The van der Waals surface area contributed by atoms with Crippen LogP contribution in [0.5, 0.6) is 0 Å². The SMILES string of the molecule is OC1Cc2ccccc2[C]1c1ccccc1.